The predicted octanol–water partition coefficient (Wildman–Crippen LogP) is 2.21. The van der Waals surface area contributed by atoms with Gasteiger partial charge in [0.05, 0.1) is 19.0 Å². The van der Waals surface area contributed by atoms with Gasteiger partial charge < -0.3 is 15.4 Å². The van der Waals surface area contributed by atoms with Crippen LogP contribution in [0.1, 0.15) is 39.0 Å². The molecule has 26 heavy (non-hydrogen) atoms. The number of hydrogen-bond donors (Lipinski definition) is 2. The van der Waals surface area contributed by atoms with Crippen LogP contribution in [0, 0.1) is 0 Å². The zero-order chi connectivity index (χ0) is 18.2. The normalized spacial score (nSPS) is 20.7. The smallest absolute Gasteiger partial charge is 0.230 e. The maximum atomic E-state index is 12.4. The van der Waals surface area contributed by atoms with Crippen LogP contribution in [0.3, 0.4) is 0 Å². The van der Waals surface area contributed by atoms with E-state index in [4.69, 9.17) is 4.74 Å². The molecule has 7 nitrogen and oxygen atoms in total. The van der Waals surface area contributed by atoms with Gasteiger partial charge in [0.25, 0.3) is 0 Å². The van der Waals surface area contributed by atoms with E-state index < -0.39 is 0 Å². The molecule has 3 rings (SSSR count). The number of morpholine rings is 1. The zero-order valence-corrected chi connectivity index (χ0v) is 17.1. The van der Waals surface area contributed by atoms with Gasteiger partial charge in [0.1, 0.15) is 0 Å². The summed E-state index contributed by atoms with van der Waals surface area (Å²) < 4.78 is 6.35. The lowest BCUT2D eigenvalue weighted by atomic mass is 9.79. The summed E-state index contributed by atoms with van der Waals surface area (Å²) in [6.45, 7) is 7.14. The Morgan fingerprint density at radius 2 is 2.04 bits per heavy atom. The number of aromatic nitrogens is 2. The predicted molar refractivity (Wildman–Crippen MR) is 106 cm³/mol. The Morgan fingerprint density at radius 3 is 2.77 bits per heavy atom. The maximum absolute atomic E-state index is 12.4. The molecule has 2 heterocycles. The molecule has 0 bridgehead atoms. The number of carbonyl (C=O) groups excluding carboxylic acids is 1. The third kappa shape index (κ3) is 5.31. The van der Waals surface area contributed by atoms with Crippen LogP contribution in [0.4, 0.5) is 5.13 Å². The van der Waals surface area contributed by atoms with E-state index in [1.165, 1.54) is 55.2 Å². The molecule has 1 aliphatic carbocycles. The first-order valence-electron chi connectivity index (χ1n) is 9.51. The largest absolute Gasteiger partial charge is 0.379 e. The lowest BCUT2D eigenvalue weighted by molar-refractivity contribution is -0.119. The Labute approximate surface area is 163 Å². The molecule has 2 aliphatic rings. The number of carbonyl (C=O) groups is 1. The summed E-state index contributed by atoms with van der Waals surface area (Å²) in [5.74, 6) is 0.466. The number of amides is 1. The van der Waals surface area contributed by atoms with Gasteiger partial charge in [-0.25, -0.2) is 0 Å². The lowest BCUT2D eigenvalue weighted by Gasteiger charge is -2.48. The minimum atomic E-state index is 0.0772. The van der Waals surface area contributed by atoms with Crippen molar-refractivity contribution in [1.29, 1.82) is 0 Å². The number of ether oxygens (including phenoxy) is 1. The van der Waals surface area contributed by atoms with Crippen LogP contribution in [0.15, 0.2) is 4.34 Å². The second kappa shape index (κ2) is 9.87. The number of anilines is 1. The summed E-state index contributed by atoms with van der Waals surface area (Å²) in [6, 6.07) is 0. The summed E-state index contributed by atoms with van der Waals surface area (Å²) in [6.07, 6.45) is 6.15. The average Bonchev–Trinajstić information content (AvgIpc) is 3.14. The summed E-state index contributed by atoms with van der Waals surface area (Å²) in [4.78, 5) is 14.9. The van der Waals surface area contributed by atoms with Crippen LogP contribution < -0.4 is 10.6 Å². The highest BCUT2D eigenvalue weighted by Gasteiger charge is 2.38. The first kappa shape index (κ1) is 19.9. The number of hydrogen-bond acceptors (Lipinski definition) is 8. The van der Waals surface area contributed by atoms with Crippen molar-refractivity contribution in [2.75, 3.05) is 50.5 Å². The molecule has 9 heteroatoms. The molecule has 2 N–H and O–H groups in total. The molecule has 146 valence electrons. The van der Waals surface area contributed by atoms with E-state index in [1.807, 2.05) is 6.92 Å². The second-order valence-electron chi connectivity index (χ2n) is 6.85. The quantitative estimate of drug-likeness (QED) is 0.649. The van der Waals surface area contributed by atoms with Crippen molar-refractivity contribution < 1.29 is 9.53 Å². The molecule has 0 spiro atoms. The van der Waals surface area contributed by atoms with E-state index in [0.717, 1.165) is 48.9 Å². The first-order chi connectivity index (χ1) is 12.7. The van der Waals surface area contributed by atoms with E-state index in [9.17, 15) is 4.79 Å². The molecule has 1 aromatic rings. The number of thioether (sulfide) groups is 1. The standard InChI is InChI=1S/C17H29N5O2S2/c1-2-18-15-20-21-16(26-15)25-12-14(23)19-13-17(6-4-3-5-7-17)22-8-10-24-11-9-22/h2-13H2,1H3,(H,18,20)(H,19,23). The molecule has 0 radical (unpaired) electrons. The van der Waals surface area contributed by atoms with Crippen LogP contribution in [-0.4, -0.2) is 71.7 Å². The molecule has 1 amide bonds. The second-order valence-corrected chi connectivity index (χ2v) is 9.05. The summed E-state index contributed by atoms with van der Waals surface area (Å²) in [5, 5.41) is 15.3. The number of nitrogens with zero attached hydrogens (tertiary/aromatic N) is 3. The van der Waals surface area contributed by atoms with Crippen LogP contribution in [0.5, 0.6) is 0 Å². The van der Waals surface area contributed by atoms with E-state index in [2.05, 4.69) is 25.7 Å². The van der Waals surface area contributed by atoms with Crippen molar-refractivity contribution in [2.24, 2.45) is 0 Å². The fourth-order valence-corrected chi connectivity index (χ4v) is 5.43. The molecule has 0 unspecified atom stereocenters. The number of nitrogens with one attached hydrogen (secondary N) is 2. The third-order valence-corrected chi connectivity index (χ3v) is 7.16. The van der Waals surface area contributed by atoms with Crippen molar-refractivity contribution in [2.45, 2.75) is 48.9 Å². The fraction of sp³-hybridized carbons (Fsp3) is 0.824. The maximum Gasteiger partial charge on any atom is 0.230 e. The minimum absolute atomic E-state index is 0.0772. The highest BCUT2D eigenvalue weighted by Crippen LogP contribution is 2.34. The minimum Gasteiger partial charge on any atom is -0.379 e. The van der Waals surface area contributed by atoms with Crippen LogP contribution in [0.2, 0.25) is 0 Å². The van der Waals surface area contributed by atoms with Gasteiger partial charge in [-0.3, -0.25) is 9.69 Å². The molecule has 1 saturated heterocycles. The SMILES string of the molecule is CCNc1nnc(SCC(=O)NCC2(N3CCOCC3)CCCCC2)s1. The van der Waals surface area contributed by atoms with Crippen molar-refractivity contribution >= 4 is 34.1 Å². The molecule has 0 atom stereocenters. The van der Waals surface area contributed by atoms with E-state index in [-0.39, 0.29) is 11.4 Å². The Bertz CT molecular complexity index is 571. The lowest BCUT2D eigenvalue weighted by Crippen LogP contribution is -2.59. The Kier molecular flexibility index (Phi) is 7.53. The Morgan fingerprint density at radius 1 is 1.27 bits per heavy atom. The van der Waals surface area contributed by atoms with Crippen LogP contribution in [0.25, 0.3) is 0 Å². The topological polar surface area (TPSA) is 79.4 Å². The third-order valence-electron chi connectivity index (χ3n) is 5.14. The van der Waals surface area contributed by atoms with Crippen LogP contribution in [-0.2, 0) is 9.53 Å². The molecule has 1 aromatic heterocycles. The highest BCUT2D eigenvalue weighted by atomic mass is 32.2. The van der Waals surface area contributed by atoms with Gasteiger partial charge in [0.15, 0.2) is 4.34 Å². The van der Waals surface area contributed by atoms with Crippen molar-refractivity contribution in [3.05, 3.63) is 0 Å². The summed E-state index contributed by atoms with van der Waals surface area (Å²) in [7, 11) is 0. The zero-order valence-electron chi connectivity index (χ0n) is 15.5. The van der Waals surface area contributed by atoms with Crippen molar-refractivity contribution in [3.8, 4) is 0 Å². The van der Waals surface area contributed by atoms with E-state index in [1.54, 1.807) is 0 Å². The van der Waals surface area contributed by atoms with Gasteiger partial charge in [-0.15, -0.1) is 10.2 Å². The van der Waals surface area contributed by atoms with E-state index >= 15 is 0 Å². The van der Waals surface area contributed by atoms with Gasteiger partial charge in [0, 0.05) is 31.7 Å². The Balaban J connectivity index is 1.48. The summed E-state index contributed by atoms with van der Waals surface area (Å²) >= 11 is 2.95. The average molecular weight is 400 g/mol. The van der Waals surface area contributed by atoms with Crippen molar-refractivity contribution in [3.63, 3.8) is 0 Å². The van der Waals surface area contributed by atoms with Gasteiger partial charge in [-0.1, -0.05) is 42.4 Å². The van der Waals surface area contributed by atoms with Gasteiger partial charge in [-0.05, 0) is 19.8 Å². The molecule has 1 saturated carbocycles. The highest BCUT2D eigenvalue weighted by molar-refractivity contribution is 8.01. The number of rotatable bonds is 8. The molecule has 0 aromatic carbocycles. The van der Waals surface area contributed by atoms with E-state index in [0.29, 0.717) is 5.75 Å². The molecular formula is C17H29N5O2S2. The molecular weight excluding hydrogens is 370 g/mol. The Hall–Kier alpha value is -0.900. The fourth-order valence-electron chi connectivity index (χ4n) is 3.78. The molecule has 2 fully saturated rings. The molecule has 1 aliphatic heterocycles. The van der Waals surface area contributed by atoms with Gasteiger partial charge in [-0.2, -0.15) is 0 Å². The first-order valence-corrected chi connectivity index (χ1v) is 11.3. The monoisotopic (exact) mass is 399 g/mol. The summed E-state index contributed by atoms with van der Waals surface area (Å²) in [5.41, 5.74) is 0.114. The van der Waals surface area contributed by atoms with Crippen LogP contribution >= 0.6 is 23.1 Å². The van der Waals surface area contributed by atoms with Crippen molar-refractivity contribution in [1.82, 2.24) is 20.4 Å². The van der Waals surface area contributed by atoms with Gasteiger partial charge >= 0.3 is 0 Å². The van der Waals surface area contributed by atoms with Gasteiger partial charge in [0.2, 0.25) is 11.0 Å².